The van der Waals surface area contributed by atoms with Gasteiger partial charge in [0, 0.05) is 6.42 Å². The number of carbonyl (C=O) groups excluding carboxylic acids is 2. The summed E-state index contributed by atoms with van der Waals surface area (Å²) in [7, 11) is 0. The third-order valence-electron chi connectivity index (χ3n) is 2.01. The number of hydrogen-bond acceptors (Lipinski definition) is 3. The molecule has 1 fully saturated rings. The third kappa shape index (κ3) is 1.59. The number of cyclic esters (lactones) is 1. The highest BCUT2D eigenvalue weighted by Gasteiger charge is 2.36. The molecule has 11 heavy (non-hydrogen) atoms. The predicted octanol–water partition coefficient (Wildman–Crippen LogP) is 0.917. The van der Waals surface area contributed by atoms with Crippen molar-refractivity contribution >= 4 is 11.8 Å². The highest BCUT2D eigenvalue weighted by atomic mass is 16.6. The SMILES string of the molecule is CC[C@H]1C[C@@H](C(C)=O)C(=O)O1. The van der Waals surface area contributed by atoms with Crippen molar-refractivity contribution in [1.82, 2.24) is 0 Å². The zero-order valence-corrected chi connectivity index (χ0v) is 6.79. The van der Waals surface area contributed by atoms with Gasteiger partial charge >= 0.3 is 5.97 Å². The van der Waals surface area contributed by atoms with E-state index in [9.17, 15) is 9.59 Å². The Morgan fingerprint density at radius 2 is 2.36 bits per heavy atom. The second-order valence-electron chi connectivity index (χ2n) is 2.87. The van der Waals surface area contributed by atoms with Crippen molar-refractivity contribution in [1.29, 1.82) is 0 Å². The highest BCUT2D eigenvalue weighted by Crippen LogP contribution is 2.23. The van der Waals surface area contributed by atoms with Gasteiger partial charge in [-0.1, -0.05) is 6.92 Å². The molecule has 0 bridgehead atoms. The minimum atomic E-state index is -0.486. The quantitative estimate of drug-likeness (QED) is 0.441. The van der Waals surface area contributed by atoms with E-state index in [1.54, 1.807) is 0 Å². The molecule has 0 radical (unpaired) electrons. The molecule has 1 heterocycles. The van der Waals surface area contributed by atoms with Gasteiger partial charge in [0.05, 0.1) is 0 Å². The van der Waals surface area contributed by atoms with Gasteiger partial charge < -0.3 is 4.74 Å². The van der Waals surface area contributed by atoms with E-state index < -0.39 is 5.92 Å². The monoisotopic (exact) mass is 156 g/mol. The first kappa shape index (κ1) is 8.24. The van der Waals surface area contributed by atoms with Crippen LogP contribution < -0.4 is 0 Å². The Hall–Kier alpha value is -0.860. The van der Waals surface area contributed by atoms with E-state index >= 15 is 0 Å². The minimum Gasteiger partial charge on any atom is -0.462 e. The second-order valence-corrected chi connectivity index (χ2v) is 2.87. The maximum Gasteiger partial charge on any atom is 0.316 e. The molecule has 3 heteroatoms. The van der Waals surface area contributed by atoms with Gasteiger partial charge in [-0.05, 0) is 13.3 Å². The third-order valence-corrected chi connectivity index (χ3v) is 2.01. The standard InChI is InChI=1S/C8H12O3/c1-3-6-4-7(5(2)9)8(10)11-6/h6-7H,3-4H2,1-2H3/t6-,7-/m0/s1. The smallest absolute Gasteiger partial charge is 0.316 e. The first-order valence-corrected chi connectivity index (χ1v) is 3.86. The average Bonchev–Trinajstić information content (AvgIpc) is 2.30. The van der Waals surface area contributed by atoms with Crippen molar-refractivity contribution in [2.24, 2.45) is 5.92 Å². The van der Waals surface area contributed by atoms with Crippen molar-refractivity contribution in [3.05, 3.63) is 0 Å². The Morgan fingerprint density at radius 3 is 2.64 bits per heavy atom. The molecule has 0 N–H and O–H groups in total. The van der Waals surface area contributed by atoms with Crippen LogP contribution in [-0.2, 0) is 14.3 Å². The molecule has 0 amide bonds. The van der Waals surface area contributed by atoms with Crippen LogP contribution in [0.2, 0.25) is 0 Å². The normalized spacial score (nSPS) is 30.2. The van der Waals surface area contributed by atoms with Gasteiger partial charge in [0.2, 0.25) is 0 Å². The Bertz CT molecular complexity index is 186. The Morgan fingerprint density at radius 1 is 1.73 bits per heavy atom. The Balaban J connectivity index is 2.59. The van der Waals surface area contributed by atoms with E-state index in [1.807, 2.05) is 6.92 Å². The molecule has 62 valence electrons. The molecule has 0 aliphatic carbocycles. The summed E-state index contributed by atoms with van der Waals surface area (Å²) in [5, 5.41) is 0. The number of carbonyl (C=O) groups is 2. The summed E-state index contributed by atoms with van der Waals surface area (Å²) < 4.78 is 4.92. The van der Waals surface area contributed by atoms with Crippen molar-refractivity contribution < 1.29 is 14.3 Å². The molecule has 2 atom stereocenters. The maximum atomic E-state index is 10.9. The van der Waals surface area contributed by atoms with Crippen LogP contribution in [0.5, 0.6) is 0 Å². The Labute approximate surface area is 65.7 Å². The van der Waals surface area contributed by atoms with Crippen LogP contribution in [0.25, 0.3) is 0 Å². The van der Waals surface area contributed by atoms with Gasteiger partial charge in [-0.3, -0.25) is 9.59 Å². The van der Waals surface area contributed by atoms with Gasteiger partial charge in [0.15, 0.2) is 0 Å². The van der Waals surface area contributed by atoms with E-state index in [0.717, 1.165) is 6.42 Å². The first-order chi connectivity index (χ1) is 5.15. The zero-order chi connectivity index (χ0) is 8.43. The molecule has 1 aliphatic rings. The van der Waals surface area contributed by atoms with E-state index in [4.69, 9.17) is 4.74 Å². The van der Waals surface area contributed by atoms with Crippen LogP contribution in [0, 0.1) is 5.92 Å². The lowest BCUT2D eigenvalue weighted by Gasteiger charge is -2.01. The summed E-state index contributed by atoms with van der Waals surface area (Å²) in [6.07, 6.45) is 1.34. The molecule has 0 saturated carbocycles. The predicted molar refractivity (Wildman–Crippen MR) is 39.0 cm³/mol. The fourth-order valence-corrected chi connectivity index (χ4v) is 1.24. The van der Waals surface area contributed by atoms with E-state index in [1.165, 1.54) is 6.92 Å². The van der Waals surface area contributed by atoms with Gasteiger partial charge in [0.25, 0.3) is 0 Å². The largest absolute Gasteiger partial charge is 0.462 e. The number of ketones is 1. The van der Waals surface area contributed by atoms with Crippen LogP contribution in [0.1, 0.15) is 26.7 Å². The van der Waals surface area contributed by atoms with Gasteiger partial charge in [-0.2, -0.15) is 0 Å². The fraction of sp³-hybridized carbons (Fsp3) is 0.750. The molecule has 1 rings (SSSR count). The van der Waals surface area contributed by atoms with Crippen molar-refractivity contribution in [3.63, 3.8) is 0 Å². The summed E-state index contributed by atoms with van der Waals surface area (Å²) in [5.74, 6) is -0.907. The summed E-state index contributed by atoms with van der Waals surface area (Å²) in [6.45, 7) is 3.38. The summed E-state index contributed by atoms with van der Waals surface area (Å²) in [6, 6.07) is 0. The molecule has 0 spiro atoms. The van der Waals surface area contributed by atoms with Crippen LogP contribution >= 0.6 is 0 Å². The molecule has 0 aromatic carbocycles. The molecule has 1 saturated heterocycles. The first-order valence-electron chi connectivity index (χ1n) is 3.86. The fourth-order valence-electron chi connectivity index (χ4n) is 1.24. The summed E-state index contributed by atoms with van der Waals surface area (Å²) in [5.41, 5.74) is 0. The number of hydrogen-bond donors (Lipinski definition) is 0. The summed E-state index contributed by atoms with van der Waals surface area (Å²) in [4.78, 5) is 21.8. The molecule has 0 aromatic heterocycles. The van der Waals surface area contributed by atoms with Crippen LogP contribution in [0.4, 0.5) is 0 Å². The number of ether oxygens (including phenoxy) is 1. The number of rotatable bonds is 2. The number of esters is 1. The lowest BCUT2D eigenvalue weighted by molar-refractivity contribution is -0.146. The van der Waals surface area contributed by atoms with Crippen LogP contribution in [0.15, 0.2) is 0 Å². The Kier molecular flexibility index (Phi) is 2.27. The molecule has 3 nitrogen and oxygen atoms in total. The van der Waals surface area contributed by atoms with Crippen LogP contribution in [-0.4, -0.2) is 17.9 Å². The van der Waals surface area contributed by atoms with E-state index in [0.29, 0.717) is 6.42 Å². The van der Waals surface area contributed by atoms with Crippen molar-refractivity contribution in [2.75, 3.05) is 0 Å². The van der Waals surface area contributed by atoms with Gasteiger partial charge in [-0.25, -0.2) is 0 Å². The molecular weight excluding hydrogens is 144 g/mol. The summed E-state index contributed by atoms with van der Waals surface area (Å²) >= 11 is 0. The zero-order valence-electron chi connectivity index (χ0n) is 6.79. The highest BCUT2D eigenvalue weighted by molar-refractivity contribution is 5.98. The molecule has 0 aromatic rings. The van der Waals surface area contributed by atoms with Gasteiger partial charge in [0.1, 0.15) is 17.8 Å². The molecule has 0 unspecified atom stereocenters. The van der Waals surface area contributed by atoms with Gasteiger partial charge in [-0.15, -0.1) is 0 Å². The lowest BCUT2D eigenvalue weighted by atomic mass is 10.0. The topological polar surface area (TPSA) is 43.4 Å². The van der Waals surface area contributed by atoms with E-state index in [2.05, 4.69) is 0 Å². The average molecular weight is 156 g/mol. The van der Waals surface area contributed by atoms with Crippen LogP contribution in [0.3, 0.4) is 0 Å². The van der Waals surface area contributed by atoms with E-state index in [-0.39, 0.29) is 17.9 Å². The van der Waals surface area contributed by atoms with Crippen molar-refractivity contribution in [2.45, 2.75) is 32.8 Å². The maximum absolute atomic E-state index is 10.9. The van der Waals surface area contributed by atoms with Crippen molar-refractivity contribution in [3.8, 4) is 0 Å². The second kappa shape index (κ2) is 3.03. The number of Topliss-reactive ketones (excluding diaryl/α,β-unsaturated/α-hetero) is 1. The minimum absolute atomic E-state index is 0.0311. The molecular formula is C8H12O3. The lowest BCUT2D eigenvalue weighted by Crippen LogP contribution is -2.15. The molecule has 1 aliphatic heterocycles.